The molecule has 0 fully saturated rings. The first-order chi connectivity index (χ1) is 14.4. The van der Waals surface area contributed by atoms with Gasteiger partial charge in [0.1, 0.15) is 0 Å². The van der Waals surface area contributed by atoms with Gasteiger partial charge in [0.2, 0.25) is 11.9 Å². The van der Waals surface area contributed by atoms with Crippen LogP contribution in [0.3, 0.4) is 0 Å². The second-order valence-electron chi connectivity index (χ2n) is 6.77. The monoisotopic (exact) mass is 438 g/mol. The fourth-order valence-electron chi connectivity index (χ4n) is 2.76. The molecule has 1 aromatic heterocycles. The molecule has 2 aromatic carbocycles. The number of hydrogen-bond donors (Lipinski definition) is 3. The molecule has 0 radical (unpaired) electrons. The minimum atomic E-state index is 0.353. The number of nitrogens with one attached hydrogen (secondary N) is 3. The quantitative estimate of drug-likeness (QED) is 0.302. The zero-order valence-corrected chi connectivity index (χ0v) is 18.6. The highest BCUT2D eigenvalue weighted by Gasteiger charge is 2.09. The lowest BCUT2D eigenvalue weighted by Crippen LogP contribution is -2.39. The molecule has 0 atom stereocenters. The maximum Gasteiger partial charge on any atom is 0.229 e. The number of nitrogens with zero attached hydrogens (tertiary/aromatic N) is 3. The number of aryl methyl sites for hydroxylation is 3. The molecule has 1 heterocycles. The first-order valence-electron chi connectivity index (χ1n) is 9.41. The van der Waals surface area contributed by atoms with Crippen LogP contribution in [-0.4, -0.2) is 21.0 Å². The van der Waals surface area contributed by atoms with Crippen LogP contribution in [0, 0.1) is 20.8 Å². The van der Waals surface area contributed by atoms with Crippen molar-refractivity contribution in [2.75, 3.05) is 10.6 Å². The maximum atomic E-state index is 6.36. The van der Waals surface area contributed by atoms with Crippen LogP contribution in [0.25, 0.3) is 0 Å². The molecule has 6 nitrogen and oxygen atoms in total. The third-order valence-electron chi connectivity index (χ3n) is 4.15. The summed E-state index contributed by atoms with van der Waals surface area (Å²) >= 11 is 11.8. The van der Waals surface area contributed by atoms with E-state index in [0.29, 0.717) is 28.6 Å². The van der Waals surface area contributed by atoms with Gasteiger partial charge in [-0.25, -0.2) is 15.0 Å². The molecule has 0 bridgehead atoms. The number of halogens is 1. The van der Waals surface area contributed by atoms with E-state index in [0.717, 1.165) is 28.2 Å². The van der Waals surface area contributed by atoms with Crippen LogP contribution in [0.2, 0.25) is 5.02 Å². The number of aliphatic imine (C=N–C) groups is 1. The van der Waals surface area contributed by atoms with Crippen molar-refractivity contribution in [1.82, 2.24) is 15.3 Å². The van der Waals surface area contributed by atoms with E-state index in [-0.39, 0.29) is 0 Å². The minimum Gasteiger partial charge on any atom is -0.331 e. The molecule has 0 unspecified atom stereocenters. The highest BCUT2D eigenvalue weighted by Crippen LogP contribution is 2.24. The average Bonchev–Trinajstić information content (AvgIpc) is 2.70. The van der Waals surface area contributed by atoms with E-state index in [1.807, 2.05) is 75.4 Å². The van der Waals surface area contributed by atoms with Crippen molar-refractivity contribution in [2.24, 2.45) is 4.99 Å². The molecule has 30 heavy (non-hydrogen) atoms. The number of guanidine groups is 1. The third kappa shape index (κ3) is 6.23. The van der Waals surface area contributed by atoms with E-state index in [4.69, 9.17) is 23.8 Å². The Hall–Kier alpha value is -3.03. The van der Waals surface area contributed by atoms with Gasteiger partial charge in [0, 0.05) is 11.4 Å². The molecule has 0 aliphatic rings. The van der Waals surface area contributed by atoms with Crippen molar-refractivity contribution in [3.63, 3.8) is 0 Å². The molecule has 0 amide bonds. The van der Waals surface area contributed by atoms with Crippen LogP contribution >= 0.6 is 23.8 Å². The zero-order chi connectivity index (χ0) is 21.5. The van der Waals surface area contributed by atoms with Gasteiger partial charge >= 0.3 is 0 Å². The normalized spacial score (nSPS) is 11.1. The van der Waals surface area contributed by atoms with Gasteiger partial charge in [0.05, 0.1) is 17.3 Å². The van der Waals surface area contributed by atoms with Crippen LogP contribution in [0.5, 0.6) is 0 Å². The molecule has 3 rings (SSSR count). The van der Waals surface area contributed by atoms with Gasteiger partial charge in [-0.05, 0) is 56.2 Å². The smallest absolute Gasteiger partial charge is 0.229 e. The van der Waals surface area contributed by atoms with Gasteiger partial charge in [-0.3, -0.25) is 5.32 Å². The van der Waals surface area contributed by atoms with Crippen molar-refractivity contribution in [3.05, 3.63) is 82.1 Å². The van der Waals surface area contributed by atoms with E-state index in [2.05, 4.69) is 30.9 Å². The fraction of sp³-hybridized carbons (Fsp3) is 0.182. The van der Waals surface area contributed by atoms with Crippen molar-refractivity contribution < 1.29 is 0 Å². The number of rotatable bonds is 4. The second kappa shape index (κ2) is 10.1. The summed E-state index contributed by atoms with van der Waals surface area (Å²) in [6.45, 7) is 6.24. The van der Waals surface area contributed by atoms with Gasteiger partial charge < -0.3 is 10.6 Å². The molecule has 0 aliphatic carbocycles. The van der Waals surface area contributed by atoms with Crippen LogP contribution < -0.4 is 16.0 Å². The number of benzene rings is 2. The predicted octanol–water partition coefficient (Wildman–Crippen LogP) is 5.01. The fourth-order valence-corrected chi connectivity index (χ4v) is 3.14. The molecular weight excluding hydrogens is 416 g/mol. The number of aromatic nitrogens is 2. The first-order valence-corrected chi connectivity index (χ1v) is 10.2. The summed E-state index contributed by atoms with van der Waals surface area (Å²) in [5, 5.41) is 10.3. The Morgan fingerprint density at radius 1 is 0.967 bits per heavy atom. The Morgan fingerprint density at radius 3 is 2.37 bits per heavy atom. The maximum absolute atomic E-state index is 6.36. The van der Waals surface area contributed by atoms with Crippen molar-refractivity contribution in [1.29, 1.82) is 0 Å². The Balaban J connectivity index is 1.79. The van der Waals surface area contributed by atoms with Gasteiger partial charge in [-0.2, -0.15) is 0 Å². The first kappa shape index (κ1) is 21.7. The lowest BCUT2D eigenvalue weighted by atomic mass is 10.2. The highest BCUT2D eigenvalue weighted by atomic mass is 35.5. The zero-order valence-electron chi connectivity index (χ0n) is 17.0. The molecular formula is C22H23ClN6S. The van der Waals surface area contributed by atoms with Crippen molar-refractivity contribution >= 4 is 46.5 Å². The Morgan fingerprint density at radius 2 is 1.67 bits per heavy atom. The van der Waals surface area contributed by atoms with E-state index in [1.165, 1.54) is 0 Å². The standard InChI is InChI=1S/C22H23ClN6S/c1-14-8-7-11-18(19(14)23)27-22(30)29-20(24-13-17-9-5-4-6-10-17)28-21-25-15(2)12-16(3)26-21/h4-12H,13H2,1-3H3,(H3,24,25,26,27,28,29,30). The number of thiocarbonyl (C=S) groups is 1. The summed E-state index contributed by atoms with van der Waals surface area (Å²) in [6.07, 6.45) is 0. The van der Waals surface area contributed by atoms with E-state index >= 15 is 0 Å². The molecule has 3 N–H and O–H groups in total. The Bertz CT molecular complexity index is 1050. The van der Waals surface area contributed by atoms with E-state index in [1.54, 1.807) is 0 Å². The summed E-state index contributed by atoms with van der Waals surface area (Å²) in [4.78, 5) is 13.5. The second-order valence-corrected chi connectivity index (χ2v) is 7.55. The van der Waals surface area contributed by atoms with Crippen LogP contribution in [0.1, 0.15) is 22.5 Å². The Kier molecular flexibility index (Phi) is 7.32. The molecule has 0 saturated heterocycles. The van der Waals surface area contributed by atoms with Crippen molar-refractivity contribution in [2.45, 2.75) is 27.3 Å². The SMILES string of the molecule is Cc1cc(C)nc(NC(=NCc2ccccc2)NC(=S)Nc2cccc(C)c2Cl)n1. The highest BCUT2D eigenvalue weighted by molar-refractivity contribution is 7.80. The van der Waals surface area contributed by atoms with E-state index in [9.17, 15) is 0 Å². The predicted molar refractivity (Wildman–Crippen MR) is 128 cm³/mol. The number of anilines is 2. The molecule has 0 spiro atoms. The van der Waals surface area contributed by atoms with Crippen LogP contribution in [0.4, 0.5) is 11.6 Å². The molecule has 3 aromatic rings. The topological polar surface area (TPSA) is 74.2 Å². The summed E-state index contributed by atoms with van der Waals surface area (Å²) in [6, 6.07) is 17.6. The van der Waals surface area contributed by atoms with Gasteiger partial charge in [0.25, 0.3) is 0 Å². The van der Waals surface area contributed by atoms with Crippen LogP contribution in [0.15, 0.2) is 59.6 Å². The lowest BCUT2D eigenvalue weighted by Gasteiger charge is -2.15. The summed E-state index contributed by atoms with van der Waals surface area (Å²) in [5.74, 6) is 0.883. The average molecular weight is 439 g/mol. The number of hydrogen-bond acceptors (Lipinski definition) is 4. The molecule has 8 heteroatoms. The summed E-state index contributed by atoms with van der Waals surface area (Å²) in [7, 11) is 0. The van der Waals surface area contributed by atoms with Crippen LogP contribution in [-0.2, 0) is 6.54 Å². The molecule has 0 saturated carbocycles. The van der Waals surface area contributed by atoms with Crippen molar-refractivity contribution in [3.8, 4) is 0 Å². The lowest BCUT2D eigenvalue weighted by molar-refractivity contribution is 1.03. The van der Waals surface area contributed by atoms with Gasteiger partial charge in [0.15, 0.2) is 5.11 Å². The van der Waals surface area contributed by atoms with E-state index < -0.39 is 0 Å². The minimum absolute atomic E-state index is 0.353. The summed E-state index contributed by atoms with van der Waals surface area (Å²) < 4.78 is 0. The molecule has 154 valence electrons. The summed E-state index contributed by atoms with van der Waals surface area (Å²) in [5.41, 5.74) is 4.48. The Labute approximate surface area is 186 Å². The molecule has 0 aliphatic heterocycles. The van der Waals surface area contributed by atoms with Gasteiger partial charge in [-0.15, -0.1) is 0 Å². The third-order valence-corrected chi connectivity index (χ3v) is 4.85. The largest absolute Gasteiger partial charge is 0.331 e. The van der Waals surface area contributed by atoms with Gasteiger partial charge in [-0.1, -0.05) is 54.1 Å².